The van der Waals surface area contributed by atoms with E-state index in [2.05, 4.69) is 0 Å². The van der Waals surface area contributed by atoms with E-state index < -0.39 is 11.7 Å². The third-order valence-electron chi connectivity index (χ3n) is 2.92. The molecule has 0 radical (unpaired) electrons. The van der Waals surface area contributed by atoms with Crippen molar-refractivity contribution in [2.75, 3.05) is 21.3 Å². The van der Waals surface area contributed by atoms with Crippen LogP contribution in [0.2, 0.25) is 0 Å². The average molecular weight is 304 g/mol. The molecule has 0 saturated carbocycles. The molecule has 0 amide bonds. The average Bonchev–Trinajstić information content (AvgIpc) is 2.44. The first kappa shape index (κ1) is 16.9. The molecule has 0 bridgehead atoms. The van der Waals surface area contributed by atoms with Crippen LogP contribution >= 0.6 is 0 Å². The summed E-state index contributed by atoms with van der Waals surface area (Å²) in [7, 11) is 4.09. The van der Waals surface area contributed by atoms with Gasteiger partial charge in [-0.3, -0.25) is 4.79 Å². The molecule has 1 aromatic rings. The zero-order chi connectivity index (χ0) is 16.2. The third-order valence-corrected chi connectivity index (χ3v) is 2.92. The molecule has 0 atom stereocenters. The summed E-state index contributed by atoms with van der Waals surface area (Å²) in [5.41, 5.74) is -1.32. The number of alkyl halides is 3. The zero-order valence-electron chi connectivity index (χ0n) is 12.0. The number of benzene rings is 1. The Kier molecular flexibility index (Phi) is 5.23. The monoisotopic (exact) mass is 304 g/mol. The van der Waals surface area contributed by atoms with Gasteiger partial charge in [0, 0.05) is 0 Å². The van der Waals surface area contributed by atoms with Crippen molar-refractivity contribution in [1.82, 2.24) is 0 Å². The second kappa shape index (κ2) is 6.51. The predicted molar refractivity (Wildman–Crippen MR) is 70.8 cm³/mol. The van der Waals surface area contributed by atoms with Crippen molar-refractivity contribution in [3.05, 3.63) is 23.3 Å². The van der Waals surface area contributed by atoms with Crippen LogP contribution in [0.3, 0.4) is 0 Å². The molecule has 0 aliphatic heterocycles. The third kappa shape index (κ3) is 3.48. The fourth-order valence-electron chi connectivity index (χ4n) is 1.82. The molecular formula is C14H15F3O4. The van der Waals surface area contributed by atoms with Crippen molar-refractivity contribution in [2.45, 2.75) is 13.1 Å². The molecular weight excluding hydrogens is 289 g/mol. The number of carbonyl (C=O) groups is 1. The summed E-state index contributed by atoms with van der Waals surface area (Å²) in [5, 5.41) is 0. The SMILES string of the molecule is COc1cc(C(C)=C(C=O)C(F)(F)F)cc(OC)c1OC. The van der Waals surface area contributed by atoms with E-state index in [1.54, 1.807) is 0 Å². The Morgan fingerprint density at radius 2 is 1.52 bits per heavy atom. The number of carbonyl (C=O) groups excluding carboxylic acids is 1. The standard InChI is InChI=1S/C14H15F3O4/c1-8(10(7-18)14(15,16)17)9-5-11(19-2)13(21-4)12(6-9)20-3/h5-7H,1-4H3. The molecule has 1 rings (SSSR count). The van der Waals surface area contributed by atoms with Crippen LogP contribution in [0.25, 0.3) is 5.57 Å². The summed E-state index contributed by atoms with van der Waals surface area (Å²) in [6, 6.07) is 2.71. The van der Waals surface area contributed by atoms with Gasteiger partial charge < -0.3 is 14.2 Å². The van der Waals surface area contributed by atoms with Gasteiger partial charge in [-0.1, -0.05) is 0 Å². The Morgan fingerprint density at radius 1 is 1.05 bits per heavy atom. The minimum Gasteiger partial charge on any atom is -0.493 e. The largest absolute Gasteiger partial charge is 0.493 e. The molecule has 0 unspecified atom stereocenters. The minimum absolute atomic E-state index is 0.156. The molecule has 116 valence electrons. The number of hydrogen-bond acceptors (Lipinski definition) is 4. The van der Waals surface area contributed by atoms with Crippen LogP contribution in [-0.4, -0.2) is 33.8 Å². The maximum atomic E-state index is 12.8. The van der Waals surface area contributed by atoms with Gasteiger partial charge in [0.05, 0.1) is 26.9 Å². The predicted octanol–water partition coefficient (Wildman–Crippen LogP) is 3.25. The molecule has 0 aliphatic carbocycles. The van der Waals surface area contributed by atoms with Crippen molar-refractivity contribution in [1.29, 1.82) is 0 Å². The first-order valence-corrected chi connectivity index (χ1v) is 5.83. The van der Waals surface area contributed by atoms with E-state index in [9.17, 15) is 18.0 Å². The van der Waals surface area contributed by atoms with E-state index in [0.717, 1.165) is 0 Å². The van der Waals surface area contributed by atoms with Crippen molar-refractivity contribution in [3.8, 4) is 17.2 Å². The quantitative estimate of drug-likeness (QED) is 0.619. The molecule has 1 aromatic carbocycles. The Morgan fingerprint density at radius 3 is 1.81 bits per heavy atom. The topological polar surface area (TPSA) is 44.8 Å². The van der Waals surface area contributed by atoms with Crippen LogP contribution in [0.4, 0.5) is 13.2 Å². The molecule has 21 heavy (non-hydrogen) atoms. The normalized spacial score (nSPS) is 12.5. The number of halogens is 3. The maximum Gasteiger partial charge on any atom is 0.419 e. The molecule has 4 nitrogen and oxygen atoms in total. The van der Waals surface area contributed by atoms with Crippen LogP contribution in [0, 0.1) is 0 Å². The van der Waals surface area contributed by atoms with Crippen molar-refractivity contribution < 1.29 is 32.2 Å². The van der Waals surface area contributed by atoms with Crippen molar-refractivity contribution in [2.24, 2.45) is 0 Å². The lowest BCUT2D eigenvalue weighted by Gasteiger charge is -2.16. The van der Waals surface area contributed by atoms with Crippen LogP contribution in [0.15, 0.2) is 17.7 Å². The number of rotatable bonds is 5. The Balaban J connectivity index is 3.57. The lowest BCUT2D eigenvalue weighted by Crippen LogP contribution is -2.14. The summed E-state index contributed by atoms with van der Waals surface area (Å²) < 4.78 is 53.6. The molecule has 0 fully saturated rings. The van der Waals surface area contributed by atoms with E-state index in [-0.39, 0.29) is 34.7 Å². The van der Waals surface area contributed by atoms with E-state index in [0.29, 0.717) is 0 Å². The highest BCUT2D eigenvalue weighted by atomic mass is 19.4. The summed E-state index contributed by atoms with van der Waals surface area (Å²) in [6.07, 6.45) is -4.94. The highest BCUT2D eigenvalue weighted by Crippen LogP contribution is 2.41. The van der Waals surface area contributed by atoms with E-state index in [1.807, 2.05) is 0 Å². The summed E-state index contributed by atoms with van der Waals surface area (Å²) in [6.45, 7) is 1.21. The Bertz CT molecular complexity index is 537. The van der Waals surface area contributed by atoms with Gasteiger partial charge >= 0.3 is 6.18 Å². The Hall–Kier alpha value is -2.18. The maximum absolute atomic E-state index is 12.8. The fraction of sp³-hybridized carbons (Fsp3) is 0.357. The highest BCUT2D eigenvalue weighted by Gasteiger charge is 2.35. The van der Waals surface area contributed by atoms with Gasteiger partial charge in [-0.2, -0.15) is 13.2 Å². The number of aldehydes is 1. The Labute approximate surface area is 120 Å². The molecule has 0 aromatic heterocycles. The second-order valence-electron chi connectivity index (χ2n) is 4.07. The number of methoxy groups -OCH3 is 3. The highest BCUT2D eigenvalue weighted by molar-refractivity contribution is 5.89. The van der Waals surface area contributed by atoms with Gasteiger partial charge in [-0.15, -0.1) is 0 Å². The van der Waals surface area contributed by atoms with Crippen LogP contribution in [0.5, 0.6) is 17.2 Å². The second-order valence-corrected chi connectivity index (χ2v) is 4.07. The van der Waals surface area contributed by atoms with Gasteiger partial charge in [0.2, 0.25) is 5.75 Å². The van der Waals surface area contributed by atoms with Gasteiger partial charge in [0.25, 0.3) is 0 Å². The van der Waals surface area contributed by atoms with Gasteiger partial charge in [0.15, 0.2) is 17.8 Å². The van der Waals surface area contributed by atoms with E-state index in [4.69, 9.17) is 14.2 Å². The van der Waals surface area contributed by atoms with Crippen molar-refractivity contribution >= 4 is 11.9 Å². The smallest absolute Gasteiger partial charge is 0.419 e. The van der Waals surface area contributed by atoms with Crippen LogP contribution in [-0.2, 0) is 4.79 Å². The fourth-order valence-corrected chi connectivity index (χ4v) is 1.82. The van der Waals surface area contributed by atoms with Crippen molar-refractivity contribution in [3.63, 3.8) is 0 Å². The van der Waals surface area contributed by atoms with Gasteiger partial charge in [-0.25, -0.2) is 0 Å². The molecule has 0 spiro atoms. The van der Waals surface area contributed by atoms with E-state index in [1.165, 1.54) is 40.4 Å². The lowest BCUT2D eigenvalue weighted by molar-refractivity contribution is -0.118. The van der Waals surface area contributed by atoms with Gasteiger partial charge in [0.1, 0.15) is 0 Å². The minimum atomic E-state index is -4.73. The molecule has 7 heteroatoms. The van der Waals surface area contributed by atoms with Gasteiger partial charge in [-0.05, 0) is 30.2 Å². The molecule has 0 N–H and O–H groups in total. The number of allylic oxidation sites excluding steroid dienone is 2. The first-order chi connectivity index (χ1) is 9.79. The molecule has 0 aliphatic rings. The van der Waals surface area contributed by atoms with Crippen LogP contribution in [0.1, 0.15) is 12.5 Å². The number of hydrogen-bond donors (Lipinski definition) is 0. The summed E-state index contributed by atoms with van der Waals surface area (Å²) in [4.78, 5) is 10.7. The number of ether oxygens (including phenoxy) is 3. The molecule has 0 saturated heterocycles. The van der Waals surface area contributed by atoms with Crippen LogP contribution < -0.4 is 14.2 Å². The van der Waals surface area contributed by atoms with E-state index >= 15 is 0 Å². The molecule has 0 heterocycles. The lowest BCUT2D eigenvalue weighted by atomic mass is 10.0. The zero-order valence-corrected chi connectivity index (χ0v) is 12.0. The summed E-state index contributed by atoms with van der Waals surface area (Å²) in [5.74, 6) is 0.674. The first-order valence-electron chi connectivity index (χ1n) is 5.83. The summed E-state index contributed by atoms with van der Waals surface area (Å²) >= 11 is 0.